The molecule has 4 saturated carbocycles. The van der Waals surface area contributed by atoms with E-state index < -0.39 is 0 Å². The van der Waals surface area contributed by atoms with E-state index in [1.807, 2.05) is 0 Å². The third-order valence-electron chi connectivity index (χ3n) is 13.3. The summed E-state index contributed by atoms with van der Waals surface area (Å²) in [5.74, 6) is 2.08. The summed E-state index contributed by atoms with van der Waals surface area (Å²) in [6.45, 7) is 8.92. The van der Waals surface area contributed by atoms with E-state index in [0.29, 0.717) is 10.8 Å². The number of aryl methyl sites for hydroxylation is 2. The molecule has 6 aromatic carbocycles. The quantitative estimate of drug-likeness (QED) is 0.118. The molecule has 0 aromatic heterocycles. The van der Waals surface area contributed by atoms with E-state index >= 15 is 0 Å². The van der Waals surface area contributed by atoms with Crippen LogP contribution >= 0.6 is 0 Å². The van der Waals surface area contributed by atoms with Gasteiger partial charge in [0.05, 0.1) is 0 Å². The van der Waals surface area contributed by atoms with E-state index in [0.717, 1.165) is 11.8 Å². The largest absolute Gasteiger partial charge is 1.00 e. The van der Waals surface area contributed by atoms with Crippen molar-refractivity contribution >= 4 is 27.0 Å². The molecule has 0 N–H and O–H groups in total. The van der Waals surface area contributed by atoms with Gasteiger partial charge in [-0.2, -0.15) is 12.1 Å². The Bertz CT molecular complexity index is 2010. The maximum atomic E-state index is 2.48. The van der Waals surface area contributed by atoms with E-state index in [-0.39, 0.29) is 30.2 Å². The van der Waals surface area contributed by atoms with Crippen LogP contribution in [0.25, 0.3) is 43.8 Å². The van der Waals surface area contributed by atoms with E-state index in [4.69, 9.17) is 0 Å². The number of hydrogen-bond donors (Lipinski definition) is 0. The van der Waals surface area contributed by atoms with Crippen LogP contribution in [-0.2, 0) is 36.2 Å². The minimum absolute atomic E-state index is 0. The van der Waals surface area contributed by atoms with Crippen LogP contribution in [0.4, 0.5) is 0 Å². The van der Waals surface area contributed by atoms with Gasteiger partial charge < -0.3 is 24.8 Å². The zero-order valence-electron chi connectivity index (χ0n) is 32.8. The first-order chi connectivity index (χ1) is 25.1. The molecule has 10 rings (SSSR count). The van der Waals surface area contributed by atoms with E-state index in [9.17, 15) is 0 Å². The van der Waals surface area contributed by atoms with Gasteiger partial charge in [0, 0.05) is 0 Å². The zero-order valence-corrected chi connectivity index (χ0v) is 37.8. The van der Waals surface area contributed by atoms with E-state index in [1.54, 1.807) is 34.5 Å². The van der Waals surface area contributed by atoms with Crippen molar-refractivity contribution in [3.63, 3.8) is 0 Å². The summed E-state index contributed by atoms with van der Waals surface area (Å²) in [5.41, 5.74) is 12.7. The summed E-state index contributed by atoms with van der Waals surface area (Å²) in [4.78, 5) is 0. The maximum Gasteiger partial charge on any atom is -0.0270 e. The summed E-state index contributed by atoms with van der Waals surface area (Å²) in [7, 11) is 0. The number of hydrogen-bond acceptors (Lipinski definition) is 0. The second kappa shape index (κ2) is 17.5. The summed E-state index contributed by atoms with van der Waals surface area (Å²) in [6, 6.07) is 41.3. The Morgan fingerprint density at radius 1 is 0.574 bits per heavy atom. The van der Waals surface area contributed by atoms with Crippen LogP contribution in [0.3, 0.4) is 0 Å². The molecule has 0 radical (unpaired) electrons. The number of benzene rings is 4. The van der Waals surface area contributed by atoms with Crippen molar-refractivity contribution in [1.29, 1.82) is 0 Å². The Hall–Kier alpha value is -2.22. The Kier molecular flexibility index (Phi) is 13.4. The molecular formula is C50H56Cl2SiZr-2. The molecule has 0 spiro atoms. The average molecular weight is 847 g/mol. The fourth-order valence-electron chi connectivity index (χ4n) is 10.8. The molecule has 0 aliphatic heterocycles. The van der Waals surface area contributed by atoms with Gasteiger partial charge in [0.15, 0.2) is 0 Å². The van der Waals surface area contributed by atoms with Crippen molar-refractivity contribution in [2.24, 2.45) is 22.7 Å². The van der Waals surface area contributed by atoms with Gasteiger partial charge in [0.2, 0.25) is 0 Å². The van der Waals surface area contributed by atoms with Gasteiger partial charge in [-0.3, -0.25) is 0 Å². The maximum absolute atomic E-state index is 2.48. The van der Waals surface area contributed by atoms with Crippen LogP contribution in [0, 0.1) is 36.5 Å². The van der Waals surface area contributed by atoms with Crippen LogP contribution in [0.5, 0.6) is 0 Å². The van der Waals surface area contributed by atoms with Gasteiger partial charge in [-0.15, -0.1) is 69.1 Å². The second-order valence-electron chi connectivity index (χ2n) is 17.7. The number of rotatable bonds is 6. The van der Waals surface area contributed by atoms with Gasteiger partial charge in [-0.1, -0.05) is 82.9 Å². The van der Waals surface area contributed by atoms with Crippen molar-refractivity contribution in [3.05, 3.63) is 131 Å². The standard InChI is InChI=1S/2C24H25.C2H6Si.2ClH.Zr/c2*1-17-5-7-20(8-6-17)22-4-2-3-21-13-19(14-23(21)22)16-24-11-9-18(15-24)10-12-24;1-3-2;;;/h2*2-8,13-14,18H,9-12,15-16H2,1H3;1-2H3;2*1H;/q2*-1;;;;+2/p-2. The van der Waals surface area contributed by atoms with E-state index in [2.05, 4.69) is 136 Å². The third kappa shape index (κ3) is 9.15. The van der Waals surface area contributed by atoms with Crippen molar-refractivity contribution in [2.75, 3.05) is 0 Å². The fourth-order valence-corrected chi connectivity index (χ4v) is 10.8. The molecule has 0 unspecified atom stereocenters. The predicted molar refractivity (Wildman–Crippen MR) is 222 cm³/mol. The monoisotopic (exact) mass is 844 g/mol. The molecule has 4 fully saturated rings. The fraction of sp³-hybridized carbons (Fsp3) is 0.400. The minimum atomic E-state index is 0. The van der Waals surface area contributed by atoms with Crippen molar-refractivity contribution < 1.29 is 48.1 Å². The summed E-state index contributed by atoms with van der Waals surface area (Å²) in [5, 5.41) is 5.68. The van der Waals surface area contributed by atoms with Crippen LogP contribution in [0.15, 0.2) is 109 Å². The Balaban J connectivity index is 0.000000162. The smallest absolute Gasteiger partial charge is 0.0270 e. The van der Waals surface area contributed by atoms with Gasteiger partial charge >= 0.3 is 41.9 Å². The van der Waals surface area contributed by atoms with Gasteiger partial charge in [0.1, 0.15) is 0 Å². The minimum Gasteiger partial charge on any atom is -1.00 e. The molecular weight excluding hydrogens is 791 g/mol. The molecule has 4 aliphatic rings. The first-order valence-corrected chi connectivity index (χ1v) is 26.4. The zero-order chi connectivity index (χ0) is 35.9. The van der Waals surface area contributed by atoms with Crippen LogP contribution < -0.4 is 24.8 Å². The summed E-state index contributed by atoms with van der Waals surface area (Å²) < 4.78 is 0. The summed E-state index contributed by atoms with van der Waals surface area (Å²) >= 11 is 1.74. The Morgan fingerprint density at radius 2 is 0.926 bits per heavy atom. The molecule has 4 heteroatoms. The SMILES string of the molecule is C[Si](C)=[Zr+2].Cc1ccc(-c2cccc3[cH-]c(CC45CCC(CC4)C5)cc23)cc1.Cc1ccc(-c2cccc3[cH-]c(CC45CCC(CC4)C5)cc23)cc1.[Cl-].[Cl-]. The molecule has 0 amide bonds. The van der Waals surface area contributed by atoms with Crippen LogP contribution in [0.1, 0.15) is 86.5 Å². The molecule has 0 heterocycles. The molecule has 4 aliphatic carbocycles. The molecule has 0 nitrogen and oxygen atoms in total. The molecule has 0 saturated heterocycles. The third-order valence-corrected chi connectivity index (χ3v) is 13.3. The predicted octanol–water partition coefficient (Wildman–Crippen LogP) is 8.11. The Morgan fingerprint density at radius 3 is 1.24 bits per heavy atom. The van der Waals surface area contributed by atoms with Gasteiger partial charge in [-0.05, 0) is 125 Å². The van der Waals surface area contributed by atoms with E-state index in [1.165, 1.54) is 132 Å². The summed E-state index contributed by atoms with van der Waals surface area (Å²) in [6.07, 6.45) is 17.3. The topological polar surface area (TPSA) is 0 Å². The Labute approximate surface area is 352 Å². The molecule has 4 bridgehead atoms. The number of halogens is 2. The van der Waals surface area contributed by atoms with Crippen molar-refractivity contribution in [1.82, 2.24) is 0 Å². The van der Waals surface area contributed by atoms with Gasteiger partial charge in [0.25, 0.3) is 0 Å². The molecule has 54 heavy (non-hydrogen) atoms. The number of fused-ring (bicyclic) bond motifs is 6. The molecule has 6 aromatic rings. The first kappa shape index (κ1) is 41.4. The van der Waals surface area contributed by atoms with Gasteiger partial charge in [-0.25, -0.2) is 0 Å². The second-order valence-corrected chi connectivity index (χ2v) is 27.1. The van der Waals surface area contributed by atoms with Crippen LogP contribution in [0.2, 0.25) is 13.1 Å². The average Bonchev–Trinajstić information content (AvgIpc) is 3.99. The van der Waals surface area contributed by atoms with Crippen molar-refractivity contribution in [2.45, 2.75) is 104 Å². The normalized spacial score (nSPS) is 23.3. The molecule has 280 valence electrons. The van der Waals surface area contributed by atoms with Crippen molar-refractivity contribution in [3.8, 4) is 22.3 Å². The van der Waals surface area contributed by atoms with Crippen LogP contribution in [-0.4, -0.2) is 5.43 Å². The first-order valence-electron chi connectivity index (χ1n) is 20.2. The molecule has 0 atom stereocenters.